The number of nitrogens with one attached hydrogen (secondary N) is 3. The van der Waals surface area contributed by atoms with Crippen molar-refractivity contribution in [2.24, 2.45) is 5.92 Å². The van der Waals surface area contributed by atoms with Crippen LogP contribution in [0.3, 0.4) is 0 Å². The molecule has 11 heteroatoms. The van der Waals surface area contributed by atoms with Gasteiger partial charge in [-0.2, -0.15) is 0 Å². The van der Waals surface area contributed by atoms with Gasteiger partial charge in [0.2, 0.25) is 11.8 Å². The number of benzene rings is 2. The Labute approximate surface area is 234 Å². The molecule has 1 fully saturated rings. The summed E-state index contributed by atoms with van der Waals surface area (Å²) in [5.74, 6) is -2.37. The molecule has 1 aliphatic rings. The molecule has 4 amide bonds. The number of nitrogens with zero attached hydrogens (tertiary/aromatic N) is 2. The van der Waals surface area contributed by atoms with Gasteiger partial charge in [-0.1, -0.05) is 30.3 Å². The summed E-state index contributed by atoms with van der Waals surface area (Å²) in [5.41, 5.74) is 2.40. The normalized spacial score (nSPS) is 15.6. The van der Waals surface area contributed by atoms with Gasteiger partial charge in [-0.15, -0.1) is 11.3 Å². The lowest BCUT2D eigenvalue weighted by Gasteiger charge is -2.21. The van der Waals surface area contributed by atoms with Crippen LogP contribution in [0.2, 0.25) is 0 Å². The summed E-state index contributed by atoms with van der Waals surface area (Å²) >= 11 is 1.55. The van der Waals surface area contributed by atoms with Gasteiger partial charge in [0, 0.05) is 40.8 Å². The SMILES string of the molecule is O=C(O)CC(NC(=O)C1CC(=O)N(c2cccc(NC(=O)NCc3cccs3)c2)C1)c1cnc2ccccc2c1. The van der Waals surface area contributed by atoms with E-state index < -0.39 is 23.8 Å². The van der Waals surface area contributed by atoms with Crippen LogP contribution in [0.25, 0.3) is 10.9 Å². The Bertz CT molecular complexity index is 1560. The quantitative estimate of drug-likeness (QED) is 0.242. The first-order valence-corrected chi connectivity index (χ1v) is 13.6. The van der Waals surface area contributed by atoms with Crippen molar-refractivity contribution in [3.05, 3.63) is 88.7 Å². The van der Waals surface area contributed by atoms with Crippen LogP contribution in [0.15, 0.2) is 78.3 Å². The molecule has 1 aliphatic heterocycles. The summed E-state index contributed by atoms with van der Waals surface area (Å²) in [4.78, 5) is 56.9. The van der Waals surface area contributed by atoms with E-state index in [1.165, 1.54) is 4.90 Å². The van der Waals surface area contributed by atoms with E-state index in [2.05, 4.69) is 20.9 Å². The molecule has 4 aromatic rings. The topological polar surface area (TPSA) is 141 Å². The highest BCUT2D eigenvalue weighted by molar-refractivity contribution is 7.09. The Hall–Kier alpha value is -4.77. The number of anilines is 2. The number of carboxylic acid groups (broad SMARTS) is 1. The van der Waals surface area contributed by atoms with E-state index in [0.717, 1.165) is 15.8 Å². The average molecular weight is 558 g/mol. The van der Waals surface area contributed by atoms with Gasteiger partial charge in [-0.05, 0) is 47.3 Å². The van der Waals surface area contributed by atoms with Gasteiger partial charge in [-0.25, -0.2) is 4.79 Å². The first kappa shape index (κ1) is 26.8. The summed E-state index contributed by atoms with van der Waals surface area (Å²) in [6.07, 6.45) is 1.23. The number of carbonyl (C=O) groups excluding carboxylic acids is 3. The summed E-state index contributed by atoms with van der Waals surface area (Å²) in [7, 11) is 0. The Kier molecular flexibility index (Phi) is 8.02. The lowest BCUT2D eigenvalue weighted by atomic mass is 10.0. The van der Waals surface area contributed by atoms with Gasteiger partial charge >= 0.3 is 12.0 Å². The molecule has 2 aromatic heterocycles. The lowest BCUT2D eigenvalue weighted by Crippen LogP contribution is -2.36. The van der Waals surface area contributed by atoms with Crippen molar-refractivity contribution in [1.29, 1.82) is 0 Å². The van der Waals surface area contributed by atoms with Crippen LogP contribution < -0.4 is 20.9 Å². The van der Waals surface area contributed by atoms with Gasteiger partial charge < -0.3 is 26.0 Å². The van der Waals surface area contributed by atoms with Crippen LogP contribution in [0.1, 0.15) is 29.3 Å². The molecule has 0 aliphatic carbocycles. The highest BCUT2D eigenvalue weighted by atomic mass is 32.1. The standard InChI is InChI=1S/C29H27N5O5S/c35-26-12-20(28(38)33-25(14-27(36)37)19-11-18-5-1-2-9-24(18)30-15-19)17-34(26)22-7-3-6-21(13-22)32-29(39)31-16-23-8-4-10-40-23/h1-11,13,15,20,25H,12,14,16-17H2,(H,33,38)(H,36,37)(H2,31,32,39). The van der Waals surface area contributed by atoms with Crippen molar-refractivity contribution >= 4 is 57.4 Å². The predicted molar refractivity (Wildman–Crippen MR) is 152 cm³/mol. The van der Waals surface area contributed by atoms with Crippen LogP contribution in [0.4, 0.5) is 16.2 Å². The molecule has 5 rings (SSSR count). The zero-order chi connectivity index (χ0) is 28.1. The largest absolute Gasteiger partial charge is 0.481 e. The summed E-state index contributed by atoms with van der Waals surface area (Å²) in [5, 5.41) is 20.6. The van der Waals surface area contributed by atoms with Crippen LogP contribution in [0.5, 0.6) is 0 Å². The minimum Gasteiger partial charge on any atom is -0.481 e. The molecule has 40 heavy (non-hydrogen) atoms. The van der Waals surface area contributed by atoms with Crippen molar-refractivity contribution < 1.29 is 24.3 Å². The predicted octanol–water partition coefficient (Wildman–Crippen LogP) is 4.30. The van der Waals surface area contributed by atoms with Gasteiger partial charge in [-0.3, -0.25) is 19.4 Å². The molecule has 0 radical (unpaired) electrons. The first-order chi connectivity index (χ1) is 19.4. The zero-order valence-electron chi connectivity index (χ0n) is 21.4. The molecule has 0 bridgehead atoms. The lowest BCUT2D eigenvalue weighted by molar-refractivity contribution is -0.138. The van der Waals surface area contributed by atoms with Gasteiger partial charge in [0.15, 0.2) is 0 Å². The van der Waals surface area contributed by atoms with Gasteiger partial charge in [0.25, 0.3) is 0 Å². The van der Waals surface area contributed by atoms with E-state index in [4.69, 9.17) is 0 Å². The molecule has 1 saturated heterocycles. The second kappa shape index (κ2) is 12.0. The van der Waals surface area contributed by atoms with Crippen molar-refractivity contribution in [3.63, 3.8) is 0 Å². The van der Waals surface area contributed by atoms with Crippen LogP contribution >= 0.6 is 11.3 Å². The maximum atomic E-state index is 13.2. The number of carbonyl (C=O) groups is 4. The molecule has 2 aromatic carbocycles. The number of hydrogen-bond acceptors (Lipinski definition) is 6. The maximum Gasteiger partial charge on any atom is 0.319 e. The van der Waals surface area contributed by atoms with E-state index in [1.807, 2.05) is 47.8 Å². The number of carboxylic acids is 1. The summed E-state index contributed by atoms with van der Waals surface area (Å²) in [6, 6.07) is 18.8. The van der Waals surface area contributed by atoms with E-state index in [1.54, 1.807) is 41.8 Å². The Morgan fingerprint density at radius 3 is 2.73 bits per heavy atom. The van der Waals surface area contributed by atoms with E-state index in [-0.39, 0.29) is 31.3 Å². The Morgan fingerprint density at radius 2 is 1.93 bits per heavy atom. The zero-order valence-corrected chi connectivity index (χ0v) is 22.2. The molecule has 3 heterocycles. The van der Waals surface area contributed by atoms with Crippen molar-refractivity contribution in [2.45, 2.75) is 25.4 Å². The third-order valence-corrected chi connectivity index (χ3v) is 7.50. The van der Waals surface area contributed by atoms with Gasteiger partial charge in [0.05, 0.1) is 30.4 Å². The van der Waals surface area contributed by atoms with E-state index >= 15 is 0 Å². The minimum atomic E-state index is -1.06. The molecule has 0 spiro atoms. The Balaban J connectivity index is 1.24. The highest BCUT2D eigenvalue weighted by Gasteiger charge is 2.36. The number of para-hydroxylation sites is 1. The first-order valence-electron chi connectivity index (χ1n) is 12.7. The number of rotatable bonds is 9. The van der Waals surface area contributed by atoms with Crippen LogP contribution in [0, 0.1) is 5.92 Å². The second-order valence-electron chi connectivity index (χ2n) is 9.46. The number of amides is 4. The monoisotopic (exact) mass is 557 g/mol. The van der Waals surface area contributed by atoms with Crippen LogP contribution in [-0.4, -0.2) is 40.5 Å². The molecular weight excluding hydrogens is 530 g/mol. The number of pyridine rings is 1. The minimum absolute atomic E-state index is 0.0133. The third kappa shape index (κ3) is 6.44. The average Bonchev–Trinajstić information content (AvgIpc) is 3.61. The number of fused-ring (bicyclic) bond motifs is 1. The Morgan fingerprint density at radius 1 is 1.07 bits per heavy atom. The number of aliphatic carboxylic acids is 1. The molecule has 2 atom stereocenters. The number of urea groups is 1. The molecule has 204 valence electrons. The van der Waals surface area contributed by atoms with Crippen molar-refractivity contribution in [3.8, 4) is 0 Å². The fourth-order valence-corrected chi connectivity index (χ4v) is 5.28. The number of aromatic nitrogens is 1. The molecule has 2 unspecified atom stereocenters. The third-order valence-electron chi connectivity index (χ3n) is 6.62. The van der Waals surface area contributed by atoms with Crippen LogP contribution in [-0.2, 0) is 20.9 Å². The molecule has 10 nitrogen and oxygen atoms in total. The smallest absolute Gasteiger partial charge is 0.319 e. The van der Waals surface area contributed by atoms with Crippen molar-refractivity contribution in [1.82, 2.24) is 15.6 Å². The molecule has 4 N–H and O–H groups in total. The second-order valence-corrected chi connectivity index (χ2v) is 10.5. The highest BCUT2D eigenvalue weighted by Crippen LogP contribution is 2.29. The molecular formula is C29H27N5O5S. The number of thiophene rings is 1. The molecule has 0 saturated carbocycles. The van der Waals surface area contributed by atoms with Crippen molar-refractivity contribution in [2.75, 3.05) is 16.8 Å². The van der Waals surface area contributed by atoms with E-state index in [9.17, 15) is 24.3 Å². The maximum absolute atomic E-state index is 13.2. The fourth-order valence-electron chi connectivity index (χ4n) is 4.64. The van der Waals surface area contributed by atoms with Gasteiger partial charge in [0.1, 0.15) is 0 Å². The van der Waals surface area contributed by atoms with E-state index in [0.29, 0.717) is 23.5 Å². The summed E-state index contributed by atoms with van der Waals surface area (Å²) in [6.45, 7) is 0.539. The number of hydrogen-bond donors (Lipinski definition) is 4. The summed E-state index contributed by atoms with van der Waals surface area (Å²) < 4.78 is 0. The fraction of sp³-hybridized carbons (Fsp3) is 0.207.